The van der Waals surface area contributed by atoms with E-state index in [4.69, 9.17) is 0 Å². The highest BCUT2D eigenvalue weighted by Gasteiger charge is 2.90. The van der Waals surface area contributed by atoms with Crippen molar-refractivity contribution in [2.75, 3.05) is 13.1 Å². The van der Waals surface area contributed by atoms with E-state index in [0.29, 0.717) is 17.4 Å². The maximum Gasteiger partial charge on any atom is 0.460 e. The molecule has 1 amide bonds. The minimum absolute atomic E-state index is 0.119. The van der Waals surface area contributed by atoms with Crippen LogP contribution in [0.3, 0.4) is 0 Å². The van der Waals surface area contributed by atoms with Gasteiger partial charge in [0.15, 0.2) is 0 Å². The van der Waals surface area contributed by atoms with Crippen LogP contribution < -0.4 is 0 Å². The van der Waals surface area contributed by atoms with Crippen molar-refractivity contribution in [2.45, 2.75) is 62.0 Å². The van der Waals surface area contributed by atoms with Crippen molar-refractivity contribution in [3.8, 4) is 0 Å². The highest BCUT2D eigenvalue weighted by molar-refractivity contribution is 5.86. The molecule has 0 aliphatic carbocycles. The van der Waals surface area contributed by atoms with Gasteiger partial charge in [-0.15, -0.1) is 0 Å². The molecule has 0 spiro atoms. The van der Waals surface area contributed by atoms with Crippen LogP contribution in [0.1, 0.15) is 26.2 Å². The fourth-order valence-electron chi connectivity index (χ4n) is 2.04. The van der Waals surface area contributed by atoms with Crippen molar-refractivity contribution in [3.63, 3.8) is 0 Å². The third-order valence-electron chi connectivity index (χ3n) is 3.96. The number of amides is 1. The summed E-state index contributed by atoms with van der Waals surface area (Å²) in [6.07, 6.45) is -8.87. The topological polar surface area (TPSA) is 20.3 Å². The van der Waals surface area contributed by atoms with Crippen molar-refractivity contribution < 1.29 is 61.9 Å². The lowest BCUT2D eigenvalue weighted by atomic mass is 9.92. The molecule has 0 aromatic carbocycles. The number of carbonyl (C=O) groups is 1. The number of halogens is 13. The molecule has 0 aliphatic rings. The van der Waals surface area contributed by atoms with Gasteiger partial charge in [0.2, 0.25) is 5.91 Å². The second-order valence-corrected chi connectivity index (χ2v) is 6.13. The Morgan fingerprint density at radius 3 is 1.57 bits per heavy atom. The first-order valence-electron chi connectivity index (χ1n) is 8.02. The van der Waals surface area contributed by atoms with Crippen LogP contribution in [-0.4, -0.2) is 59.7 Å². The maximum atomic E-state index is 13.7. The summed E-state index contributed by atoms with van der Waals surface area (Å²) in [5, 5.41) is 0. The minimum atomic E-state index is -7.93. The van der Waals surface area contributed by atoms with Gasteiger partial charge in [0, 0.05) is 19.5 Å². The first-order chi connectivity index (χ1) is 13.2. The number of alkyl halides is 13. The first kappa shape index (κ1) is 28.3. The van der Waals surface area contributed by atoms with Gasteiger partial charge in [-0.05, 0) is 12.5 Å². The summed E-state index contributed by atoms with van der Waals surface area (Å²) in [6, 6.07) is 0. The molecule has 0 fully saturated rings. The van der Waals surface area contributed by atoms with E-state index in [0.717, 1.165) is 0 Å². The normalized spacial score (nSPS) is 14.6. The third-order valence-corrected chi connectivity index (χ3v) is 3.96. The monoisotopic (exact) mass is 473 g/mol. The summed E-state index contributed by atoms with van der Waals surface area (Å²) in [5.41, 5.74) is 0. The average molecular weight is 473 g/mol. The Morgan fingerprint density at radius 2 is 1.20 bits per heavy atom. The summed E-state index contributed by atoms with van der Waals surface area (Å²) in [6.45, 7) is 2.74. The molecule has 0 saturated heterocycles. The maximum absolute atomic E-state index is 13.7. The van der Waals surface area contributed by atoms with Gasteiger partial charge in [0.25, 0.3) is 0 Å². The zero-order valence-electron chi connectivity index (χ0n) is 15.1. The highest BCUT2D eigenvalue weighted by atomic mass is 19.4. The lowest BCUT2D eigenvalue weighted by Crippen LogP contribution is -2.70. The van der Waals surface area contributed by atoms with Gasteiger partial charge in [-0.25, -0.2) is 0 Å². The van der Waals surface area contributed by atoms with E-state index in [9.17, 15) is 61.9 Å². The average Bonchev–Trinajstić information content (AvgIpc) is 2.59. The predicted molar refractivity (Wildman–Crippen MR) is 77.1 cm³/mol. The molecule has 0 saturated carbocycles. The summed E-state index contributed by atoms with van der Waals surface area (Å²) in [7, 11) is 0. The lowest BCUT2D eigenvalue weighted by Gasteiger charge is -2.40. The summed E-state index contributed by atoms with van der Waals surface area (Å²) < 4.78 is 169. The molecule has 0 aromatic rings. The minimum Gasteiger partial charge on any atom is -0.339 e. The molecule has 0 unspecified atom stereocenters. The van der Waals surface area contributed by atoms with E-state index in [1.165, 1.54) is 0 Å². The Morgan fingerprint density at radius 1 is 0.767 bits per heavy atom. The van der Waals surface area contributed by atoms with Crippen molar-refractivity contribution in [1.82, 2.24) is 4.90 Å². The molecule has 0 N–H and O–H groups in total. The molecule has 0 bridgehead atoms. The van der Waals surface area contributed by atoms with E-state index in [1.807, 2.05) is 0 Å². The van der Waals surface area contributed by atoms with E-state index >= 15 is 0 Å². The highest BCUT2D eigenvalue weighted by Crippen LogP contribution is 2.60. The van der Waals surface area contributed by atoms with Gasteiger partial charge in [0.05, 0.1) is 0 Å². The summed E-state index contributed by atoms with van der Waals surface area (Å²) >= 11 is 0. The van der Waals surface area contributed by atoms with E-state index < -0.39 is 54.7 Å². The SMILES string of the molecule is C=CC(=O)N(CCCC)CCC(F)(F)C(F)(F)C(F)(F)C(F)(F)C(F)(F)C(F)(F)F. The molecule has 0 radical (unpaired) electrons. The molecule has 0 atom stereocenters. The largest absolute Gasteiger partial charge is 0.460 e. The van der Waals surface area contributed by atoms with Crippen LogP contribution in [0, 0.1) is 0 Å². The molecule has 0 heterocycles. The number of rotatable bonds is 11. The number of hydrogen-bond donors (Lipinski definition) is 0. The van der Waals surface area contributed by atoms with Gasteiger partial charge < -0.3 is 4.90 Å². The van der Waals surface area contributed by atoms with Gasteiger partial charge >= 0.3 is 35.8 Å². The Labute approximate surface area is 161 Å². The smallest absolute Gasteiger partial charge is 0.339 e. The quantitative estimate of drug-likeness (QED) is 0.269. The second kappa shape index (κ2) is 8.81. The standard InChI is InChI=1S/C15H16F13NO/c1-3-5-7-29(9(30)4-2)8-6-10(16,17)11(18,19)12(20,21)13(22,23)14(24,25)15(26,27)28/h4H,2-3,5-8H2,1H3. The second-order valence-electron chi connectivity index (χ2n) is 6.13. The number of hydrogen-bond acceptors (Lipinski definition) is 1. The Balaban J connectivity index is 5.94. The summed E-state index contributed by atoms with van der Waals surface area (Å²) in [5.74, 6) is -38.2. The van der Waals surface area contributed by atoms with E-state index in [1.54, 1.807) is 6.92 Å². The van der Waals surface area contributed by atoms with Gasteiger partial charge in [-0.1, -0.05) is 19.9 Å². The van der Waals surface area contributed by atoms with Crippen LogP contribution in [0.15, 0.2) is 12.7 Å². The van der Waals surface area contributed by atoms with Crippen molar-refractivity contribution in [1.29, 1.82) is 0 Å². The number of unbranched alkanes of at least 4 members (excludes halogenated alkanes) is 1. The van der Waals surface area contributed by atoms with Crippen LogP contribution in [0.5, 0.6) is 0 Å². The molecule has 15 heteroatoms. The Kier molecular flexibility index (Phi) is 8.31. The fourth-order valence-corrected chi connectivity index (χ4v) is 2.04. The molecule has 178 valence electrons. The first-order valence-corrected chi connectivity index (χ1v) is 8.02. The van der Waals surface area contributed by atoms with Crippen LogP contribution in [0.2, 0.25) is 0 Å². The Bertz CT molecular complexity index is 612. The number of carbonyl (C=O) groups excluding carboxylic acids is 1. The third kappa shape index (κ3) is 4.79. The predicted octanol–water partition coefficient (Wildman–Crippen LogP) is 5.93. The van der Waals surface area contributed by atoms with Crippen molar-refractivity contribution in [3.05, 3.63) is 12.7 Å². The zero-order chi connectivity index (χ0) is 24.4. The van der Waals surface area contributed by atoms with E-state index in [2.05, 4.69) is 6.58 Å². The van der Waals surface area contributed by atoms with Crippen molar-refractivity contribution in [2.24, 2.45) is 0 Å². The molecule has 0 aliphatic heterocycles. The lowest BCUT2D eigenvalue weighted by molar-refractivity contribution is -0.440. The van der Waals surface area contributed by atoms with Gasteiger partial charge in [0.1, 0.15) is 0 Å². The van der Waals surface area contributed by atoms with E-state index in [-0.39, 0.29) is 13.0 Å². The van der Waals surface area contributed by atoms with Crippen LogP contribution in [0.4, 0.5) is 57.1 Å². The van der Waals surface area contributed by atoms with Gasteiger partial charge in [-0.2, -0.15) is 57.1 Å². The molecule has 2 nitrogen and oxygen atoms in total. The summed E-state index contributed by atoms with van der Waals surface area (Å²) in [4.78, 5) is 11.9. The van der Waals surface area contributed by atoms with Crippen LogP contribution in [0.25, 0.3) is 0 Å². The fraction of sp³-hybridized carbons (Fsp3) is 0.800. The van der Waals surface area contributed by atoms with Crippen LogP contribution in [-0.2, 0) is 4.79 Å². The molecular weight excluding hydrogens is 457 g/mol. The molecule has 0 aromatic heterocycles. The van der Waals surface area contributed by atoms with Crippen molar-refractivity contribution >= 4 is 5.91 Å². The zero-order valence-corrected chi connectivity index (χ0v) is 15.1. The molecule has 30 heavy (non-hydrogen) atoms. The van der Waals surface area contributed by atoms with Gasteiger partial charge in [-0.3, -0.25) is 4.79 Å². The molecule has 0 rings (SSSR count). The van der Waals surface area contributed by atoms with Crippen LogP contribution >= 0.6 is 0 Å². The molecular formula is C15H16F13NO. The number of nitrogens with zero attached hydrogens (tertiary/aromatic N) is 1. The Hall–Kier alpha value is -1.70.